The van der Waals surface area contributed by atoms with Gasteiger partial charge in [-0.1, -0.05) is 58.0 Å². The van der Waals surface area contributed by atoms with Gasteiger partial charge >= 0.3 is 0 Å². The molecule has 3 rings (SSSR count). The first-order valence-corrected chi connectivity index (χ1v) is 12.8. The molecule has 0 aliphatic rings. The average molecular weight is 481 g/mol. The molecule has 0 radical (unpaired) electrons. The maximum absolute atomic E-state index is 13.2. The molecule has 0 unspecified atom stereocenters. The van der Waals surface area contributed by atoms with E-state index in [4.69, 9.17) is 4.74 Å². The highest BCUT2D eigenvalue weighted by Gasteiger charge is 2.26. The predicted octanol–water partition coefficient (Wildman–Crippen LogP) is 6.03. The fraction of sp³-hybridized carbons (Fsp3) is 0.296. The summed E-state index contributed by atoms with van der Waals surface area (Å²) >= 11 is 0. The number of para-hydroxylation sites is 3. The number of benzene rings is 3. The minimum absolute atomic E-state index is 0.179. The number of carbonyl (C=O) groups is 1. The van der Waals surface area contributed by atoms with Gasteiger partial charge in [-0.25, -0.2) is 8.42 Å². The number of carbonyl (C=O) groups excluding carboxylic acids is 1. The molecule has 0 spiro atoms. The molecule has 3 aromatic carbocycles. The normalized spacial score (nSPS) is 11.7. The lowest BCUT2D eigenvalue weighted by Gasteiger charge is -2.25. The second-order valence-electron chi connectivity index (χ2n) is 9.00. The highest BCUT2D eigenvalue weighted by atomic mass is 32.2. The van der Waals surface area contributed by atoms with Crippen molar-refractivity contribution in [3.05, 3.63) is 84.4 Å². The fourth-order valence-corrected chi connectivity index (χ4v) is 5.25. The minimum atomic E-state index is -3.65. The summed E-state index contributed by atoms with van der Waals surface area (Å²) in [6, 6.07) is 22.5. The van der Waals surface area contributed by atoms with E-state index in [-0.39, 0.29) is 22.6 Å². The van der Waals surface area contributed by atoms with E-state index in [0.29, 0.717) is 35.8 Å². The Morgan fingerprint density at radius 1 is 0.824 bits per heavy atom. The van der Waals surface area contributed by atoms with Crippen LogP contribution >= 0.6 is 0 Å². The van der Waals surface area contributed by atoms with Crippen molar-refractivity contribution in [2.45, 2.75) is 32.6 Å². The van der Waals surface area contributed by atoms with E-state index < -0.39 is 10.0 Å². The van der Waals surface area contributed by atoms with Crippen LogP contribution in [0.3, 0.4) is 0 Å². The van der Waals surface area contributed by atoms with Crippen LogP contribution in [-0.2, 0) is 10.0 Å². The summed E-state index contributed by atoms with van der Waals surface area (Å²) < 4.78 is 33.8. The second-order valence-corrected chi connectivity index (χ2v) is 10.9. The summed E-state index contributed by atoms with van der Waals surface area (Å²) in [7, 11) is -3.65. The first kappa shape index (κ1) is 25.5. The van der Waals surface area contributed by atoms with Gasteiger partial charge in [0.15, 0.2) is 5.75 Å². The zero-order valence-corrected chi connectivity index (χ0v) is 20.9. The zero-order valence-electron chi connectivity index (χ0n) is 20.1. The Hall–Kier alpha value is -3.16. The molecule has 0 aliphatic heterocycles. The number of nitrogens with zero attached hydrogens (tertiary/aromatic N) is 1. The number of hydrogen-bond donors (Lipinski definition) is 1. The van der Waals surface area contributed by atoms with Gasteiger partial charge in [0.1, 0.15) is 5.75 Å². The standard InChI is InChI=1S/C27H32N2O4S/c1-20(2)18-29(19-21(3)4)34(31,32)24-16-14-22(15-17-24)27(30)28-25-12-8-9-13-26(25)33-23-10-6-5-7-11-23/h5-17,20-21H,18-19H2,1-4H3,(H,28,30). The molecule has 7 heteroatoms. The van der Waals surface area contributed by atoms with Gasteiger partial charge in [-0.2, -0.15) is 4.31 Å². The van der Waals surface area contributed by atoms with Crippen LogP contribution in [0, 0.1) is 11.8 Å². The molecule has 0 fully saturated rings. The molecule has 0 atom stereocenters. The molecule has 34 heavy (non-hydrogen) atoms. The van der Waals surface area contributed by atoms with Crippen LogP contribution in [0.5, 0.6) is 11.5 Å². The summed E-state index contributed by atoms with van der Waals surface area (Å²) in [5.74, 6) is 1.23. The van der Waals surface area contributed by atoms with Gasteiger partial charge in [-0.15, -0.1) is 0 Å². The Kier molecular flexibility index (Phi) is 8.47. The monoisotopic (exact) mass is 480 g/mol. The van der Waals surface area contributed by atoms with E-state index in [1.807, 2.05) is 64.1 Å². The van der Waals surface area contributed by atoms with Crippen LogP contribution < -0.4 is 10.1 Å². The van der Waals surface area contributed by atoms with Gasteiger partial charge < -0.3 is 10.1 Å². The van der Waals surface area contributed by atoms with Crippen LogP contribution in [0.4, 0.5) is 5.69 Å². The van der Waals surface area contributed by atoms with Crippen molar-refractivity contribution in [1.82, 2.24) is 4.31 Å². The van der Waals surface area contributed by atoms with Gasteiger partial charge in [-0.3, -0.25) is 4.79 Å². The summed E-state index contributed by atoms with van der Waals surface area (Å²) in [4.78, 5) is 13.1. The first-order chi connectivity index (χ1) is 16.2. The first-order valence-electron chi connectivity index (χ1n) is 11.4. The van der Waals surface area contributed by atoms with E-state index in [9.17, 15) is 13.2 Å². The van der Waals surface area contributed by atoms with Crippen LogP contribution in [-0.4, -0.2) is 31.7 Å². The Labute approximate surface area is 202 Å². The number of amides is 1. The number of ether oxygens (including phenoxy) is 1. The number of nitrogens with one attached hydrogen (secondary N) is 1. The van der Waals surface area contributed by atoms with Crippen molar-refractivity contribution in [2.75, 3.05) is 18.4 Å². The third-order valence-corrected chi connectivity index (χ3v) is 6.84. The molecule has 0 saturated heterocycles. The van der Waals surface area contributed by atoms with Crippen molar-refractivity contribution >= 4 is 21.6 Å². The van der Waals surface area contributed by atoms with E-state index in [0.717, 1.165) is 0 Å². The van der Waals surface area contributed by atoms with Gasteiger partial charge in [0.05, 0.1) is 10.6 Å². The third kappa shape index (κ3) is 6.68. The number of hydrogen-bond acceptors (Lipinski definition) is 4. The number of sulfonamides is 1. The van der Waals surface area contributed by atoms with Crippen molar-refractivity contribution in [2.24, 2.45) is 11.8 Å². The molecule has 0 aromatic heterocycles. The lowest BCUT2D eigenvalue weighted by molar-refractivity contribution is 0.102. The van der Waals surface area contributed by atoms with Crippen LogP contribution in [0.1, 0.15) is 38.1 Å². The maximum atomic E-state index is 13.2. The molecule has 0 bridgehead atoms. The molecular formula is C27H32N2O4S. The van der Waals surface area contributed by atoms with Crippen molar-refractivity contribution < 1.29 is 17.9 Å². The van der Waals surface area contributed by atoms with Gasteiger partial charge in [0, 0.05) is 18.7 Å². The maximum Gasteiger partial charge on any atom is 0.255 e. The Bertz CT molecular complexity index is 1180. The highest BCUT2D eigenvalue weighted by Crippen LogP contribution is 2.29. The summed E-state index contributed by atoms with van der Waals surface area (Å²) in [6.45, 7) is 8.87. The van der Waals surface area contributed by atoms with Gasteiger partial charge in [-0.05, 0) is 60.4 Å². The summed E-state index contributed by atoms with van der Waals surface area (Å²) in [5.41, 5.74) is 0.876. The van der Waals surface area contributed by atoms with Crippen molar-refractivity contribution in [3.8, 4) is 11.5 Å². The SMILES string of the molecule is CC(C)CN(CC(C)C)S(=O)(=O)c1ccc(C(=O)Nc2ccccc2Oc2ccccc2)cc1. The third-order valence-electron chi connectivity index (χ3n) is 5.00. The number of rotatable bonds is 10. The molecule has 0 saturated carbocycles. The zero-order chi connectivity index (χ0) is 24.7. The summed E-state index contributed by atoms with van der Waals surface area (Å²) in [6.07, 6.45) is 0. The topological polar surface area (TPSA) is 75.7 Å². The Morgan fingerprint density at radius 2 is 1.38 bits per heavy atom. The average Bonchev–Trinajstić information content (AvgIpc) is 2.80. The largest absolute Gasteiger partial charge is 0.455 e. The lowest BCUT2D eigenvalue weighted by atomic mass is 10.2. The predicted molar refractivity (Wildman–Crippen MR) is 136 cm³/mol. The molecule has 1 amide bonds. The molecule has 0 aliphatic carbocycles. The smallest absolute Gasteiger partial charge is 0.255 e. The number of anilines is 1. The van der Waals surface area contributed by atoms with E-state index in [2.05, 4.69) is 5.32 Å². The van der Waals surface area contributed by atoms with Crippen LogP contribution in [0.2, 0.25) is 0 Å². The summed E-state index contributed by atoms with van der Waals surface area (Å²) in [5, 5.41) is 2.86. The van der Waals surface area contributed by atoms with E-state index in [1.165, 1.54) is 28.6 Å². The van der Waals surface area contributed by atoms with Gasteiger partial charge in [0.25, 0.3) is 5.91 Å². The van der Waals surface area contributed by atoms with E-state index in [1.54, 1.807) is 18.2 Å². The molecule has 6 nitrogen and oxygen atoms in total. The van der Waals surface area contributed by atoms with Crippen molar-refractivity contribution in [1.29, 1.82) is 0 Å². The minimum Gasteiger partial charge on any atom is -0.455 e. The lowest BCUT2D eigenvalue weighted by Crippen LogP contribution is -2.37. The molecule has 3 aromatic rings. The molecular weight excluding hydrogens is 448 g/mol. The van der Waals surface area contributed by atoms with Crippen LogP contribution in [0.15, 0.2) is 83.8 Å². The second kappa shape index (κ2) is 11.3. The van der Waals surface area contributed by atoms with Crippen molar-refractivity contribution in [3.63, 3.8) is 0 Å². The fourth-order valence-electron chi connectivity index (χ4n) is 3.48. The highest BCUT2D eigenvalue weighted by molar-refractivity contribution is 7.89. The molecule has 1 N–H and O–H groups in total. The van der Waals surface area contributed by atoms with Crippen LogP contribution in [0.25, 0.3) is 0 Å². The Morgan fingerprint density at radius 3 is 1.97 bits per heavy atom. The van der Waals surface area contributed by atoms with Gasteiger partial charge in [0.2, 0.25) is 10.0 Å². The van der Waals surface area contributed by atoms with E-state index >= 15 is 0 Å². The quantitative estimate of drug-likeness (QED) is 0.384. The molecule has 180 valence electrons. The Balaban J connectivity index is 1.77. The molecule has 0 heterocycles.